The molecule has 0 radical (unpaired) electrons. The first-order chi connectivity index (χ1) is 13.5. The molecule has 0 atom stereocenters. The van der Waals surface area contributed by atoms with Crippen molar-refractivity contribution in [3.05, 3.63) is 40.4 Å². The molecule has 0 aliphatic carbocycles. The summed E-state index contributed by atoms with van der Waals surface area (Å²) in [6.45, 7) is 7.52. The van der Waals surface area contributed by atoms with Gasteiger partial charge in [-0.3, -0.25) is 14.6 Å². The molecule has 3 rings (SSSR count). The Bertz CT molecular complexity index is 836. The zero-order valence-electron chi connectivity index (χ0n) is 16.0. The lowest BCUT2D eigenvalue weighted by Crippen LogP contribution is -3.13. The predicted molar refractivity (Wildman–Crippen MR) is 109 cm³/mol. The van der Waals surface area contributed by atoms with E-state index in [-0.39, 0.29) is 12.0 Å². The number of benzene rings is 1. The zero-order valence-corrected chi connectivity index (χ0v) is 17.6. The van der Waals surface area contributed by atoms with Crippen LogP contribution in [0.3, 0.4) is 0 Å². The Labute approximate surface area is 173 Å². The number of carbonyl (C=O) groups excluding carboxylic acids is 2. The van der Waals surface area contributed by atoms with E-state index in [0.717, 1.165) is 25.3 Å². The number of carbonyl (C=O) groups is 2. The minimum atomic E-state index is -0.240. The highest BCUT2D eigenvalue weighted by atomic mass is 35.5. The summed E-state index contributed by atoms with van der Waals surface area (Å²) >= 11 is 7.51. The number of halogens is 1. The lowest BCUT2D eigenvalue weighted by Gasteiger charge is -2.31. The van der Waals surface area contributed by atoms with Gasteiger partial charge in [0.25, 0.3) is 0 Å². The molecule has 1 aliphatic heterocycles. The molecular weight excluding hydrogens is 400 g/mol. The van der Waals surface area contributed by atoms with Crippen LogP contribution in [0.4, 0.5) is 15.6 Å². The average Bonchev–Trinajstić information content (AvgIpc) is 3.10. The van der Waals surface area contributed by atoms with E-state index in [4.69, 9.17) is 16.3 Å². The third-order valence-corrected chi connectivity index (χ3v) is 5.65. The average molecular weight is 424 g/mol. The minimum Gasteiger partial charge on any atom is -0.450 e. The van der Waals surface area contributed by atoms with Gasteiger partial charge in [0.15, 0.2) is 5.13 Å². The fourth-order valence-electron chi connectivity index (χ4n) is 3.18. The van der Waals surface area contributed by atoms with Gasteiger partial charge in [0.05, 0.1) is 38.5 Å². The van der Waals surface area contributed by atoms with E-state index in [2.05, 4.69) is 4.98 Å². The van der Waals surface area contributed by atoms with E-state index in [1.807, 2.05) is 24.4 Å². The monoisotopic (exact) mass is 423 g/mol. The van der Waals surface area contributed by atoms with Crippen molar-refractivity contribution in [1.29, 1.82) is 0 Å². The van der Waals surface area contributed by atoms with Crippen LogP contribution < -0.4 is 9.80 Å². The molecule has 1 saturated heterocycles. The molecule has 2 amide bonds. The van der Waals surface area contributed by atoms with Gasteiger partial charge in [0.2, 0.25) is 5.91 Å². The van der Waals surface area contributed by atoms with E-state index >= 15 is 0 Å². The van der Waals surface area contributed by atoms with Crippen LogP contribution in [0.25, 0.3) is 0 Å². The summed E-state index contributed by atoms with van der Waals surface area (Å²) in [6, 6.07) is 7.18. The first-order valence-electron chi connectivity index (χ1n) is 9.24. The molecule has 0 saturated carbocycles. The predicted octanol–water partition coefficient (Wildman–Crippen LogP) is 2.34. The molecule has 2 aromatic rings. The third-order valence-electron chi connectivity index (χ3n) is 4.54. The lowest BCUT2D eigenvalue weighted by atomic mass is 10.3. The summed E-state index contributed by atoms with van der Waals surface area (Å²) in [4.78, 5) is 33.4. The van der Waals surface area contributed by atoms with E-state index in [0.29, 0.717) is 35.5 Å². The molecule has 0 unspecified atom stereocenters. The van der Waals surface area contributed by atoms with Crippen LogP contribution in [0, 0.1) is 0 Å². The van der Waals surface area contributed by atoms with E-state index in [9.17, 15) is 9.59 Å². The first-order valence-corrected chi connectivity index (χ1v) is 10.5. The van der Waals surface area contributed by atoms with Crippen molar-refractivity contribution in [1.82, 2.24) is 9.88 Å². The molecule has 1 fully saturated rings. The second-order valence-corrected chi connectivity index (χ2v) is 7.84. The normalized spacial score (nSPS) is 14.8. The number of thiazole rings is 1. The van der Waals surface area contributed by atoms with Crippen molar-refractivity contribution in [2.45, 2.75) is 20.4 Å². The minimum absolute atomic E-state index is 0.112. The fraction of sp³-hybridized carbons (Fsp3) is 0.421. The highest BCUT2D eigenvalue weighted by molar-refractivity contribution is 7.14. The Morgan fingerprint density at radius 1 is 1.36 bits per heavy atom. The second-order valence-electron chi connectivity index (χ2n) is 6.57. The number of nitrogens with one attached hydrogen (secondary N) is 1. The van der Waals surface area contributed by atoms with E-state index < -0.39 is 0 Å². The Kier molecular flexibility index (Phi) is 6.88. The van der Waals surface area contributed by atoms with Crippen molar-refractivity contribution < 1.29 is 19.2 Å². The summed E-state index contributed by atoms with van der Waals surface area (Å²) in [7, 11) is 0. The van der Waals surface area contributed by atoms with Gasteiger partial charge >= 0.3 is 6.09 Å². The Hall–Kier alpha value is -2.16. The van der Waals surface area contributed by atoms with Gasteiger partial charge in [-0.05, 0) is 25.1 Å². The maximum Gasteiger partial charge on any atom is 0.410 e. The van der Waals surface area contributed by atoms with Gasteiger partial charge in [-0.2, -0.15) is 0 Å². The lowest BCUT2D eigenvalue weighted by molar-refractivity contribution is -0.917. The molecule has 0 bridgehead atoms. The van der Waals surface area contributed by atoms with Gasteiger partial charge in [-0.15, -0.1) is 11.3 Å². The molecule has 2 heterocycles. The largest absolute Gasteiger partial charge is 0.450 e. The number of amides is 2. The van der Waals surface area contributed by atoms with Crippen LogP contribution in [0.15, 0.2) is 29.6 Å². The molecule has 28 heavy (non-hydrogen) atoms. The third kappa shape index (κ3) is 5.01. The van der Waals surface area contributed by atoms with Crippen LogP contribution >= 0.6 is 22.9 Å². The first kappa shape index (κ1) is 20.6. The van der Waals surface area contributed by atoms with Crippen LogP contribution in [0.1, 0.15) is 19.5 Å². The number of rotatable bonds is 5. The van der Waals surface area contributed by atoms with Gasteiger partial charge < -0.3 is 9.64 Å². The number of hydrogen-bond donors (Lipinski definition) is 1. The van der Waals surface area contributed by atoms with Gasteiger partial charge in [-0.25, -0.2) is 9.78 Å². The molecule has 150 valence electrons. The number of hydrogen-bond acceptors (Lipinski definition) is 5. The Morgan fingerprint density at radius 3 is 2.75 bits per heavy atom. The Morgan fingerprint density at radius 2 is 2.11 bits per heavy atom. The smallest absolute Gasteiger partial charge is 0.410 e. The van der Waals surface area contributed by atoms with Gasteiger partial charge in [0, 0.05) is 17.3 Å². The molecule has 1 aromatic carbocycles. The summed E-state index contributed by atoms with van der Waals surface area (Å²) in [6.07, 6.45) is -0.240. The quantitative estimate of drug-likeness (QED) is 0.801. The number of aromatic nitrogens is 1. The molecular formula is C19H24ClN4O3S+. The molecule has 7 nitrogen and oxygen atoms in total. The van der Waals surface area contributed by atoms with Crippen molar-refractivity contribution in [3.63, 3.8) is 0 Å². The number of quaternary nitrogens is 1. The topological polar surface area (TPSA) is 67.2 Å². The summed E-state index contributed by atoms with van der Waals surface area (Å²) in [5.41, 5.74) is 1.64. The number of anilines is 2. The molecule has 1 aliphatic rings. The second kappa shape index (κ2) is 9.36. The van der Waals surface area contributed by atoms with Crippen LogP contribution in [-0.4, -0.2) is 54.7 Å². The van der Waals surface area contributed by atoms with E-state index in [1.165, 1.54) is 23.2 Å². The summed E-state index contributed by atoms with van der Waals surface area (Å²) in [5, 5.41) is 3.19. The van der Waals surface area contributed by atoms with Crippen LogP contribution in [0.2, 0.25) is 5.02 Å². The van der Waals surface area contributed by atoms with Crippen LogP contribution in [0.5, 0.6) is 0 Å². The van der Waals surface area contributed by atoms with Gasteiger partial charge in [0.1, 0.15) is 12.2 Å². The maximum absolute atomic E-state index is 12.2. The fourth-order valence-corrected chi connectivity index (χ4v) is 4.25. The summed E-state index contributed by atoms with van der Waals surface area (Å²) in [5.74, 6) is -0.112. The number of ether oxygens (including phenoxy) is 1. The highest BCUT2D eigenvalue weighted by Crippen LogP contribution is 2.30. The van der Waals surface area contributed by atoms with Crippen molar-refractivity contribution >= 4 is 45.8 Å². The SMILES string of the molecule is CCOC(=O)N1CC[NH+](Cc2csc(N(C(C)=O)c3cccc(Cl)c3)n2)CC1. The molecule has 1 N–H and O–H groups in total. The van der Waals surface area contributed by atoms with Crippen molar-refractivity contribution in [3.8, 4) is 0 Å². The van der Waals surface area contributed by atoms with Crippen molar-refractivity contribution in [2.75, 3.05) is 37.7 Å². The van der Waals surface area contributed by atoms with Crippen molar-refractivity contribution in [2.24, 2.45) is 0 Å². The number of piperazine rings is 1. The Balaban J connectivity index is 1.64. The summed E-state index contributed by atoms with van der Waals surface area (Å²) < 4.78 is 5.06. The highest BCUT2D eigenvalue weighted by Gasteiger charge is 2.26. The molecule has 1 aromatic heterocycles. The number of nitrogens with zero attached hydrogens (tertiary/aromatic N) is 3. The van der Waals surface area contributed by atoms with E-state index in [1.54, 1.807) is 21.9 Å². The van der Waals surface area contributed by atoms with Crippen LogP contribution in [-0.2, 0) is 16.1 Å². The molecule has 9 heteroatoms. The zero-order chi connectivity index (χ0) is 20.1. The molecule has 0 spiro atoms. The van der Waals surface area contributed by atoms with Gasteiger partial charge in [-0.1, -0.05) is 17.7 Å². The maximum atomic E-state index is 12.2. The standard InChI is InChI=1S/C19H23ClN4O3S/c1-3-27-19(26)23-9-7-22(8-10-23)12-16-13-28-18(21-16)24(14(2)25)17-6-4-5-15(20)11-17/h4-6,11,13H,3,7-10,12H2,1-2H3/p+1.